The minimum Gasteiger partial charge on any atom is -0.384 e. The molecule has 8 heteroatoms. The number of carbonyl (C=O) groups excluding carboxylic acids is 1. The highest BCUT2D eigenvalue weighted by atomic mass is 32.1. The first-order valence-corrected chi connectivity index (χ1v) is 7.76. The number of nitrogens with one attached hydrogen (secondary N) is 1. The van der Waals surface area contributed by atoms with Gasteiger partial charge < -0.3 is 5.73 Å². The highest BCUT2D eigenvalue weighted by molar-refractivity contribution is 7.15. The molecule has 1 amide bonds. The summed E-state index contributed by atoms with van der Waals surface area (Å²) in [7, 11) is 0. The van der Waals surface area contributed by atoms with Crippen molar-refractivity contribution in [3.8, 4) is 0 Å². The van der Waals surface area contributed by atoms with Gasteiger partial charge >= 0.3 is 0 Å². The Morgan fingerprint density at radius 3 is 2.58 bits per heavy atom. The van der Waals surface area contributed by atoms with Crippen molar-refractivity contribution in [1.82, 2.24) is 9.97 Å². The van der Waals surface area contributed by atoms with Gasteiger partial charge in [-0.15, -0.1) is 11.3 Å². The second-order valence-corrected chi connectivity index (χ2v) is 6.03. The van der Waals surface area contributed by atoms with Gasteiger partial charge in [-0.05, 0) is 24.3 Å². The number of benzene rings is 1. The number of nitrogens with zero attached hydrogens (tertiary/aromatic N) is 2. The number of amides is 1. The molecule has 0 spiro atoms. The average Bonchev–Trinajstić information content (AvgIpc) is 2.98. The molecule has 0 bridgehead atoms. The smallest absolute Gasteiger partial charge is 0.276 e. The van der Waals surface area contributed by atoms with Crippen molar-refractivity contribution in [2.24, 2.45) is 0 Å². The highest BCUT2D eigenvalue weighted by Gasteiger charge is 2.13. The predicted octanol–water partition coefficient (Wildman–Crippen LogP) is 3.24. The molecule has 0 radical (unpaired) electrons. The summed E-state index contributed by atoms with van der Waals surface area (Å²) in [6.45, 7) is 0. The lowest BCUT2D eigenvalue weighted by Gasteiger charge is -2.02. The Hall–Kier alpha value is -2.87. The monoisotopic (exact) mass is 346 g/mol. The molecule has 2 heterocycles. The van der Waals surface area contributed by atoms with Gasteiger partial charge in [0.2, 0.25) is 0 Å². The van der Waals surface area contributed by atoms with Crippen LogP contribution in [0.1, 0.15) is 20.9 Å². The molecule has 2 aromatic heterocycles. The van der Waals surface area contributed by atoms with E-state index < -0.39 is 17.5 Å². The fraction of sp³-hybridized carbons (Fsp3) is 0.0625. The Morgan fingerprint density at radius 1 is 1.17 bits per heavy atom. The minimum atomic E-state index is -0.613. The molecule has 3 aromatic rings. The molecule has 0 fully saturated rings. The van der Waals surface area contributed by atoms with Gasteiger partial charge in [0.25, 0.3) is 5.91 Å². The lowest BCUT2D eigenvalue weighted by molar-refractivity contribution is 0.102. The molecule has 122 valence electrons. The molecule has 3 rings (SSSR count). The fourth-order valence-electron chi connectivity index (χ4n) is 2.06. The van der Waals surface area contributed by atoms with Gasteiger partial charge in [0.1, 0.15) is 23.1 Å². The van der Waals surface area contributed by atoms with Crippen molar-refractivity contribution in [3.63, 3.8) is 0 Å². The average molecular weight is 346 g/mol. The Labute approximate surface area is 140 Å². The van der Waals surface area contributed by atoms with Crippen molar-refractivity contribution < 1.29 is 13.6 Å². The Kier molecular flexibility index (Phi) is 4.48. The molecule has 3 N–H and O–H groups in total. The number of anilines is 2. The minimum absolute atomic E-state index is 0.0310. The molecule has 0 saturated heterocycles. The number of pyridine rings is 1. The van der Waals surface area contributed by atoms with E-state index in [2.05, 4.69) is 15.3 Å². The summed E-state index contributed by atoms with van der Waals surface area (Å²) in [5.74, 6) is -1.45. The number of thiazole rings is 1. The number of rotatable bonds is 4. The molecule has 0 aliphatic rings. The number of hydrogen-bond acceptors (Lipinski definition) is 5. The Morgan fingerprint density at radius 2 is 1.88 bits per heavy atom. The third-order valence-corrected chi connectivity index (χ3v) is 4.10. The molecule has 0 atom stereocenters. The maximum atomic E-state index is 13.7. The zero-order valence-corrected chi connectivity index (χ0v) is 13.1. The normalized spacial score (nSPS) is 10.6. The van der Waals surface area contributed by atoms with Gasteiger partial charge in [0, 0.05) is 23.1 Å². The van der Waals surface area contributed by atoms with Crippen LogP contribution < -0.4 is 11.1 Å². The zero-order valence-electron chi connectivity index (χ0n) is 12.3. The number of nitrogens with two attached hydrogens (primary N) is 1. The first-order valence-electron chi connectivity index (χ1n) is 6.94. The highest BCUT2D eigenvalue weighted by Crippen LogP contribution is 2.24. The number of nitrogen functional groups attached to an aromatic ring is 1. The molecule has 0 saturated carbocycles. The van der Waals surface area contributed by atoms with Crippen LogP contribution in [0.5, 0.6) is 0 Å². The van der Waals surface area contributed by atoms with Crippen LogP contribution >= 0.6 is 11.3 Å². The second-order valence-electron chi connectivity index (χ2n) is 4.91. The molecular formula is C16H12F2N4OS. The summed E-state index contributed by atoms with van der Waals surface area (Å²) in [5, 5.41) is 2.90. The van der Waals surface area contributed by atoms with Crippen LogP contribution in [-0.4, -0.2) is 15.9 Å². The van der Waals surface area contributed by atoms with Gasteiger partial charge in [-0.2, -0.15) is 0 Å². The van der Waals surface area contributed by atoms with E-state index in [0.717, 1.165) is 11.3 Å². The van der Waals surface area contributed by atoms with E-state index in [-0.39, 0.29) is 23.5 Å². The fourth-order valence-corrected chi connectivity index (χ4v) is 2.88. The largest absolute Gasteiger partial charge is 0.384 e. The molecule has 5 nitrogen and oxygen atoms in total. The maximum absolute atomic E-state index is 13.7. The maximum Gasteiger partial charge on any atom is 0.276 e. The molecule has 0 unspecified atom stereocenters. The molecule has 0 aliphatic heterocycles. The SMILES string of the molecule is Nc1cccc(C(=O)Nc2ncc(Cc3c(F)cccc3F)s2)n1. The Bertz CT molecular complexity index is 877. The molecule has 24 heavy (non-hydrogen) atoms. The van der Waals surface area contributed by atoms with Crippen molar-refractivity contribution >= 4 is 28.2 Å². The quantitative estimate of drug-likeness (QED) is 0.760. The van der Waals surface area contributed by atoms with Crippen molar-refractivity contribution in [2.45, 2.75) is 6.42 Å². The van der Waals surface area contributed by atoms with Gasteiger partial charge in [-0.3, -0.25) is 10.1 Å². The van der Waals surface area contributed by atoms with Gasteiger partial charge in [-0.25, -0.2) is 18.7 Å². The third kappa shape index (κ3) is 3.54. The van der Waals surface area contributed by atoms with Gasteiger partial charge in [0.05, 0.1) is 0 Å². The van der Waals surface area contributed by atoms with Crippen molar-refractivity contribution in [2.75, 3.05) is 11.1 Å². The van der Waals surface area contributed by atoms with E-state index in [1.165, 1.54) is 30.5 Å². The van der Waals surface area contributed by atoms with E-state index in [1.54, 1.807) is 12.1 Å². The van der Waals surface area contributed by atoms with E-state index in [9.17, 15) is 13.6 Å². The lowest BCUT2D eigenvalue weighted by Crippen LogP contribution is -2.13. The van der Waals surface area contributed by atoms with Gasteiger partial charge in [-0.1, -0.05) is 12.1 Å². The topological polar surface area (TPSA) is 80.9 Å². The lowest BCUT2D eigenvalue weighted by atomic mass is 10.1. The predicted molar refractivity (Wildman–Crippen MR) is 87.9 cm³/mol. The van der Waals surface area contributed by atoms with Crippen LogP contribution in [0.15, 0.2) is 42.6 Å². The second kappa shape index (κ2) is 6.71. The standard InChI is InChI=1S/C16H12F2N4OS/c17-11-3-1-4-12(18)10(11)7-9-8-20-16(24-9)22-15(23)13-5-2-6-14(19)21-13/h1-6,8H,7H2,(H2,19,21)(H,20,22,23). The summed E-state index contributed by atoms with van der Waals surface area (Å²) >= 11 is 1.14. The molecule has 1 aromatic carbocycles. The third-order valence-electron chi connectivity index (χ3n) is 3.19. The zero-order chi connectivity index (χ0) is 17.1. The van der Waals surface area contributed by atoms with Crippen molar-refractivity contribution in [1.29, 1.82) is 0 Å². The van der Waals surface area contributed by atoms with Crippen molar-refractivity contribution in [3.05, 3.63) is 70.4 Å². The number of carbonyl (C=O) groups is 1. The summed E-state index contributed by atoms with van der Waals surface area (Å²) < 4.78 is 27.3. The Balaban J connectivity index is 1.73. The van der Waals surface area contributed by atoms with Crippen LogP contribution in [0, 0.1) is 11.6 Å². The van der Waals surface area contributed by atoms with Crippen LogP contribution in [0.3, 0.4) is 0 Å². The summed E-state index contributed by atoms with van der Waals surface area (Å²) in [5.41, 5.74) is 5.66. The van der Waals surface area contributed by atoms with Crippen LogP contribution in [0.4, 0.5) is 19.7 Å². The summed E-state index contributed by atoms with van der Waals surface area (Å²) in [4.78, 5) is 20.6. The van der Waals surface area contributed by atoms with E-state index in [1.807, 2.05) is 0 Å². The molecule has 0 aliphatic carbocycles. The number of hydrogen-bond donors (Lipinski definition) is 2. The first-order chi connectivity index (χ1) is 11.5. The van der Waals surface area contributed by atoms with Gasteiger partial charge in [0.15, 0.2) is 5.13 Å². The van der Waals surface area contributed by atoms with E-state index in [0.29, 0.717) is 10.0 Å². The summed E-state index contributed by atoms with van der Waals surface area (Å²) in [6.07, 6.45) is 1.53. The van der Waals surface area contributed by atoms with Crippen LogP contribution in [0.2, 0.25) is 0 Å². The number of halogens is 2. The first kappa shape index (κ1) is 16.0. The molecular weight excluding hydrogens is 334 g/mol. The van der Waals surface area contributed by atoms with E-state index in [4.69, 9.17) is 5.73 Å². The van der Waals surface area contributed by atoms with Crippen LogP contribution in [0.25, 0.3) is 0 Å². The summed E-state index contributed by atoms with van der Waals surface area (Å²) in [6, 6.07) is 8.42. The van der Waals surface area contributed by atoms with Crippen LogP contribution in [-0.2, 0) is 6.42 Å². The van der Waals surface area contributed by atoms with E-state index >= 15 is 0 Å². The number of aromatic nitrogens is 2.